The Labute approximate surface area is 228 Å². The van der Waals surface area contributed by atoms with E-state index in [9.17, 15) is 24.1 Å². The lowest BCUT2D eigenvalue weighted by atomic mass is 9.94. The van der Waals surface area contributed by atoms with Crippen molar-refractivity contribution in [1.82, 2.24) is 25.1 Å². The predicted octanol–water partition coefficient (Wildman–Crippen LogP) is -0.886. The SMILES string of the molecule is COC[C@H]1O[C@@H](n2ccc(=O)[nH]c2=O)[C@@H](CCCNC(=S)NCCN2C(=O)C=CC2=O)C1OP(O)(=S)OC. The molecule has 17 heteroatoms. The van der Waals surface area contributed by atoms with Gasteiger partial charge in [0.05, 0.1) is 6.61 Å². The number of amides is 2. The number of rotatable bonds is 13. The normalized spacial score (nSPS) is 24.6. The monoisotopic (exact) mass is 591 g/mol. The molecule has 4 N–H and O–H groups in total. The molecule has 0 aliphatic carbocycles. The van der Waals surface area contributed by atoms with E-state index in [4.69, 9.17) is 42.5 Å². The highest BCUT2D eigenvalue weighted by atomic mass is 32.5. The predicted molar refractivity (Wildman–Crippen MR) is 143 cm³/mol. The second-order valence-corrected chi connectivity index (χ2v) is 11.7. The van der Waals surface area contributed by atoms with Crippen molar-refractivity contribution in [2.75, 3.05) is 40.5 Å². The zero-order valence-corrected chi connectivity index (χ0v) is 23.3. The summed E-state index contributed by atoms with van der Waals surface area (Å²) in [5, 5.41) is 6.32. The summed E-state index contributed by atoms with van der Waals surface area (Å²) in [5.74, 6) is -1.21. The van der Waals surface area contributed by atoms with E-state index in [1.54, 1.807) is 0 Å². The molecule has 2 aliphatic heterocycles. The molecule has 1 fully saturated rings. The van der Waals surface area contributed by atoms with Crippen molar-refractivity contribution in [1.29, 1.82) is 0 Å². The van der Waals surface area contributed by atoms with Crippen LogP contribution >= 0.6 is 18.9 Å². The van der Waals surface area contributed by atoms with Crippen LogP contribution in [-0.4, -0.2) is 88.9 Å². The van der Waals surface area contributed by atoms with Crippen LogP contribution in [-0.2, 0) is 39.9 Å². The van der Waals surface area contributed by atoms with Crippen LogP contribution in [0.5, 0.6) is 0 Å². The van der Waals surface area contributed by atoms with Crippen molar-refractivity contribution in [3.05, 3.63) is 45.3 Å². The Morgan fingerprint density at radius 1 is 1.18 bits per heavy atom. The standard InChI is InChI=1S/C21H30N5O9PS2/c1-32-12-14-18(35-36(31,38)33-2)13(19(34-14)26-10-7-15(27)24-21(26)30)4-3-8-22-20(37)23-9-11-25-16(28)5-6-17(25)29/h5-7,10,13-14,18-19H,3-4,8-9,11-12H2,1-2H3,(H,31,38)(H2,22,23,37)(H,24,27,30)/t13-,14+,18?,19+,36?/m0/s1. The average molecular weight is 592 g/mol. The number of imide groups is 1. The minimum atomic E-state index is -3.59. The number of thiocarbonyl (C=S) groups is 1. The molecule has 1 saturated heterocycles. The Bertz CT molecular complexity index is 1200. The van der Waals surface area contributed by atoms with E-state index in [-0.39, 0.29) is 31.5 Å². The van der Waals surface area contributed by atoms with E-state index in [2.05, 4.69) is 15.6 Å². The molecule has 0 spiro atoms. The maximum absolute atomic E-state index is 12.5. The molecule has 3 heterocycles. The third-order valence-corrected chi connectivity index (χ3v) is 7.90. The van der Waals surface area contributed by atoms with Gasteiger partial charge in [-0.3, -0.25) is 28.8 Å². The van der Waals surface area contributed by atoms with Crippen molar-refractivity contribution in [3.63, 3.8) is 0 Å². The van der Waals surface area contributed by atoms with Gasteiger partial charge in [-0.05, 0) is 36.9 Å². The summed E-state index contributed by atoms with van der Waals surface area (Å²) in [6.07, 6.45) is 2.45. The Morgan fingerprint density at radius 3 is 2.50 bits per heavy atom. The van der Waals surface area contributed by atoms with Gasteiger partial charge in [-0.15, -0.1) is 0 Å². The zero-order chi connectivity index (χ0) is 27.9. The highest BCUT2D eigenvalue weighted by Gasteiger charge is 2.48. The molecular weight excluding hydrogens is 561 g/mol. The van der Waals surface area contributed by atoms with E-state index >= 15 is 0 Å². The van der Waals surface area contributed by atoms with Gasteiger partial charge in [0.25, 0.3) is 17.4 Å². The number of nitrogens with zero attached hydrogens (tertiary/aromatic N) is 2. The fraction of sp³-hybridized carbons (Fsp3) is 0.571. The van der Waals surface area contributed by atoms with E-state index in [1.165, 1.54) is 43.2 Å². The first-order valence-corrected chi connectivity index (χ1v) is 14.6. The van der Waals surface area contributed by atoms with E-state index < -0.39 is 42.3 Å². The van der Waals surface area contributed by atoms with Gasteiger partial charge >= 0.3 is 12.4 Å². The number of methoxy groups -OCH3 is 1. The van der Waals surface area contributed by atoms with Crippen molar-refractivity contribution < 1.29 is 33.0 Å². The number of nitrogens with one attached hydrogen (secondary N) is 3. The van der Waals surface area contributed by atoms with E-state index in [0.717, 1.165) is 4.90 Å². The molecule has 1 aromatic rings. The molecular formula is C21H30N5O9PS2. The van der Waals surface area contributed by atoms with Crippen LogP contribution in [0.15, 0.2) is 34.0 Å². The fourth-order valence-electron chi connectivity index (χ4n) is 4.18. The molecule has 38 heavy (non-hydrogen) atoms. The Balaban J connectivity index is 1.63. The van der Waals surface area contributed by atoms with Gasteiger partial charge < -0.3 is 34.0 Å². The first kappa shape index (κ1) is 30.2. The number of carbonyl (C=O) groups is 2. The minimum absolute atomic E-state index is 0.0959. The fourth-order valence-corrected chi connectivity index (χ4v) is 5.37. The van der Waals surface area contributed by atoms with Crippen LogP contribution in [0.4, 0.5) is 0 Å². The van der Waals surface area contributed by atoms with Crippen LogP contribution in [0.1, 0.15) is 19.1 Å². The second kappa shape index (κ2) is 13.7. The van der Waals surface area contributed by atoms with Crippen LogP contribution in [0.3, 0.4) is 0 Å². The number of ether oxygens (including phenoxy) is 2. The zero-order valence-electron chi connectivity index (χ0n) is 20.7. The summed E-state index contributed by atoms with van der Waals surface area (Å²) in [7, 11) is 2.72. The minimum Gasteiger partial charge on any atom is -0.382 e. The van der Waals surface area contributed by atoms with E-state index in [0.29, 0.717) is 24.5 Å². The molecule has 5 atom stereocenters. The number of carbonyl (C=O) groups excluding carboxylic acids is 2. The molecule has 3 rings (SSSR count). The smallest absolute Gasteiger partial charge is 0.330 e. The Kier molecular flexibility index (Phi) is 10.9. The first-order chi connectivity index (χ1) is 18.1. The summed E-state index contributed by atoms with van der Waals surface area (Å²) in [6.45, 7) is -2.61. The molecule has 2 unspecified atom stereocenters. The third-order valence-electron chi connectivity index (χ3n) is 5.93. The van der Waals surface area contributed by atoms with Crippen molar-refractivity contribution >= 4 is 47.7 Å². The Morgan fingerprint density at radius 2 is 1.87 bits per heavy atom. The van der Waals surface area contributed by atoms with Crippen LogP contribution < -0.4 is 21.9 Å². The van der Waals surface area contributed by atoms with Gasteiger partial charge in [0.2, 0.25) is 0 Å². The molecule has 2 amide bonds. The van der Waals surface area contributed by atoms with Gasteiger partial charge in [0.15, 0.2) is 5.11 Å². The third kappa shape index (κ3) is 7.86. The second-order valence-electron chi connectivity index (χ2n) is 8.41. The van der Waals surface area contributed by atoms with Gasteiger partial charge in [0, 0.05) is 64.2 Å². The highest BCUT2D eigenvalue weighted by molar-refractivity contribution is 8.07. The molecule has 0 radical (unpaired) electrons. The number of hydrogen-bond donors (Lipinski definition) is 4. The van der Waals surface area contributed by atoms with Gasteiger partial charge in [-0.2, -0.15) is 0 Å². The van der Waals surface area contributed by atoms with Gasteiger partial charge in [-0.1, -0.05) is 0 Å². The maximum atomic E-state index is 12.5. The molecule has 1 aromatic heterocycles. The summed E-state index contributed by atoms with van der Waals surface area (Å²) in [4.78, 5) is 61.0. The number of aromatic amines is 1. The summed E-state index contributed by atoms with van der Waals surface area (Å²) in [6, 6.07) is 1.21. The van der Waals surface area contributed by atoms with Crippen molar-refractivity contribution in [2.24, 2.45) is 5.92 Å². The first-order valence-electron chi connectivity index (χ1n) is 11.6. The molecule has 14 nitrogen and oxygen atoms in total. The lowest BCUT2D eigenvalue weighted by Crippen LogP contribution is -2.42. The average Bonchev–Trinajstić information content (AvgIpc) is 3.35. The largest absolute Gasteiger partial charge is 0.382 e. The lowest BCUT2D eigenvalue weighted by molar-refractivity contribution is -0.136. The molecule has 210 valence electrons. The highest BCUT2D eigenvalue weighted by Crippen LogP contribution is 2.50. The molecule has 0 aromatic carbocycles. The van der Waals surface area contributed by atoms with Crippen LogP contribution in [0, 0.1) is 5.92 Å². The quantitative estimate of drug-likeness (QED) is 0.0964. The number of aromatic nitrogens is 2. The van der Waals surface area contributed by atoms with E-state index in [1.807, 2.05) is 0 Å². The number of H-pyrrole nitrogens is 1. The Hall–Kier alpha value is -2.30. The van der Waals surface area contributed by atoms with Crippen molar-refractivity contribution in [2.45, 2.75) is 31.3 Å². The molecule has 0 saturated carbocycles. The molecule has 2 aliphatic rings. The summed E-state index contributed by atoms with van der Waals surface area (Å²) in [5.41, 5.74) is -1.21. The van der Waals surface area contributed by atoms with Crippen LogP contribution in [0.25, 0.3) is 0 Å². The lowest BCUT2D eigenvalue weighted by Gasteiger charge is -2.27. The van der Waals surface area contributed by atoms with Gasteiger partial charge in [0.1, 0.15) is 18.4 Å². The maximum Gasteiger partial charge on any atom is 0.330 e. The summed E-state index contributed by atoms with van der Waals surface area (Å²) < 4.78 is 23.3. The van der Waals surface area contributed by atoms with Crippen molar-refractivity contribution in [3.8, 4) is 0 Å². The number of hydrogen-bond acceptors (Lipinski definition) is 10. The van der Waals surface area contributed by atoms with Crippen LogP contribution in [0.2, 0.25) is 0 Å². The molecule has 0 bridgehead atoms. The summed E-state index contributed by atoms with van der Waals surface area (Å²) >= 11 is 10.3. The van der Waals surface area contributed by atoms with Gasteiger partial charge in [-0.25, -0.2) is 4.79 Å². The topological polar surface area (TPSA) is 173 Å².